The Morgan fingerprint density at radius 1 is 1.14 bits per heavy atom. The molecule has 0 saturated heterocycles. The molecule has 0 aromatic heterocycles. The zero-order valence-corrected chi connectivity index (χ0v) is 13.3. The highest BCUT2D eigenvalue weighted by Crippen LogP contribution is 2.19. The Kier molecular flexibility index (Phi) is 5.28. The Morgan fingerprint density at radius 2 is 1.86 bits per heavy atom. The summed E-state index contributed by atoms with van der Waals surface area (Å²) in [5, 5.41) is 5.81. The van der Waals surface area contributed by atoms with Crippen LogP contribution in [0.3, 0.4) is 0 Å². The van der Waals surface area contributed by atoms with Crippen LogP contribution in [0.25, 0.3) is 0 Å². The molecule has 4 heteroatoms. The van der Waals surface area contributed by atoms with Crippen molar-refractivity contribution >= 4 is 23.5 Å². The topological polar surface area (TPSA) is 41.1 Å². The van der Waals surface area contributed by atoms with Crippen molar-refractivity contribution in [3.8, 4) is 0 Å². The van der Waals surface area contributed by atoms with E-state index in [9.17, 15) is 4.79 Å². The smallest absolute Gasteiger partial charge is 0.319 e. The second-order valence-corrected chi connectivity index (χ2v) is 5.84. The van der Waals surface area contributed by atoms with Crippen LogP contribution in [-0.2, 0) is 0 Å². The van der Waals surface area contributed by atoms with Crippen LogP contribution in [0.15, 0.2) is 53.4 Å². The zero-order chi connectivity index (χ0) is 15.2. The molecule has 0 bridgehead atoms. The van der Waals surface area contributed by atoms with E-state index in [0.29, 0.717) is 0 Å². The first-order valence-electron chi connectivity index (χ1n) is 6.86. The Morgan fingerprint density at radius 3 is 2.52 bits per heavy atom. The Balaban J connectivity index is 1.96. The van der Waals surface area contributed by atoms with E-state index >= 15 is 0 Å². The van der Waals surface area contributed by atoms with Gasteiger partial charge in [0.1, 0.15) is 0 Å². The van der Waals surface area contributed by atoms with Crippen LogP contribution in [-0.4, -0.2) is 12.3 Å². The van der Waals surface area contributed by atoms with Gasteiger partial charge in [-0.3, -0.25) is 0 Å². The fraction of sp³-hybridized carbons (Fsp3) is 0.235. The maximum absolute atomic E-state index is 12.0. The summed E-state index contributed by atoms with van der Waals surface area (Å²) in [5.74, 6) is 0. The largest absolute Gasteiger partial charge is 0.331 e. The van der Waals surface area contributed by atoms with Gasteiger partial charge in [-0.1, -0.05) is 35.9 Å². The lowest BCUT2D eigenvalue weighted by atomic mass is 10.1. The Bertz CT molecular complexity index is 610. The molecule has 2 N–H and O–H groups in total. The third-order valence-corrected chi connectivity index (χ3v) is 3.98. The number of aryl methyl sites for hydroxylation is 1. The van der Waals surface area contributed by atoms with Gasteiger partial charge in [0.25, 0.3) is 0 Å². The fourth-order valence-corrected chi connectivity index (χ4v) is 2.46. The normalized spacial score (nSPS) is 11.8. The van der Waals surface area contributed by atoms with Gasteiger partial charge in [0.05, 0.1) is 6.04 Å². The van der Waals surface area contributed by atoms with Crippen LogP contribution >= 0.6 is 11.8 Å². The fourth-order valence-electron chi connectivity index (χ4n) is 2.00. The number of thioether (sulfide) groups is 1. The highest BCUT2D eigenvalue weighted by molar-refractivity contribution is 7.98. The number of benzene rings is 2. The van der Waals surface area contributed by atoms with Crippen LogP contribution in [0.4, 0.5) is 10.5 Å². The van der Waals surface area contributed by atoms with Crippen molar-refractivity contribution in [3.63, 3.8) is 0 Å². The summed E-state index contributed by atoms with van der Waals surface area (Å²) in [6.45, 7) is 4.02. The number of hydrogen-bond donors (Lipinski definition) is 2. The average molecular weight is 300 g/mol. The molecule has 0 saturated carbocycles. The number of anilines is 1. The molecule has 0 aliphatic rings. The second-order valence-electron chi connectivity index (χ2n) is 4.96. The van der Waals surface area contributed by atoms with Crippen LogP contribution in [0.1, 0.15) is 24.1 Å². The summed E-state index contributed by atoms with van der Waals surface area (Å²) < 4.78 is 0. The molecule has 2 aromatic rings. The minimum atomic E-state index is -0.193. The molecule has 0 fully saturated rings. The van der Waals surface area contributed by atoms with Gasteiger partial charge in [0, 0.05) is 10.6 Å². The number of urea groups is 1. The number of carbonyl (C=O) groups excluding carboxylic acids is 1. The highest BCUT2D eigenvalue weighted by Gasteiger charge is 2.09. The lowest BCUT2D eigenvalue weighted by Gasteiger charge is -2.15. The van der Waals surface area contributed by atoms with E-state index in [1.807, 2.05) is 68.6 Å². The van der Waals surface area contributed by atoms with Gasteiger partial charge in [-0.2, -0.15) is 0 Å². The summed E-state index contributed by atoms with van der Waals surface area (Å²) >= 11 is 1.65. The molecular weight excluding hydrogens is 280 g/mol. The van der Waals surface area contributed by atoms with Gasteiger partial charge in [-0.15, -0.1) is 11.8 Å². The number of amides is 2. The molecular formula is C17H20N2OS. The molecule has 2 amide bonds. The number of hydrogen-bond acceptors (Lipinski definition) is 2. The van der Waals surface area contributed by atoms with Crippen molar-refractivity contribution < 1.29 is 4.79 Å². The van der Waals surface area contributed by atoms with E-state index in [4.69, 9.17) is 0 Å². The summed E-state index contributed by atoms with van der Waals surface area (Å²) in [6.07, 6.45) is 2.01. The average Bonchev–Trinajstić information content (AvgIpc) is 2.47. The number of carbonyl (C=O) groups is 1. The third kappa shape index (κ3) is 4.53. The molecule has 2 rings (SSSR count). The van der Waals surface area contributed by atoms with E-state index in [-0.39, 0.29) is 12.1 Å². The first kappa shape index (κ1) is 15.4. The van der Waals surface area contributed by atoms with Gasteiger partial charge in [-0.25, -0.2) is 4.79 Å². The second kappa shape index (κ2) is 7.18. The summed E-state index contributed by atoms with van der Waals surface area (Å²) in [4.78, 5) is 13.2. The highest BCUT2D eigenvalue weighted by atomic mass is 32.2. The first-order valence-corrected chi connectivity index (χ1v) is 8.09. The SMILES string of the molecule is CSc1cccc(NC(=O)NC(C)c2ccc(C)cc2)c1. The molecule has 0 spiro atoms. The van der Waals surface area contributed by atoms with Crippen LogP contribution < -0.4 is 10.6 Å². The Hall–Kier alpha value is -1.94. The Labute approximate surface area is 130 Å². The molecule has 0 aliphatic heterocycles. The van der Waals surface area contributed by atoms with E-state index in [1.165, 1.54) is 5.56 Å². The molecule has 0 radical (unpaired) electrons. The van der Waals surface area contributed by atoms with Gasteiger partial charge < -0.3 is 10.6 Å². The quantitative estimate of drug-likeness (QED) is 0.810. The van der Waals surface area contributed by atoms with E-state index in [2.05, 4.69) is 10.6 Å². The van der Waals surface area contributed by atoms with Crippen molar-refractivity contribution in [2.45, 2.75) is 24.8 Å². The molecule has 3 nitrogen and oxygen atoms in total. The maximum atomic E-state index is 12.0. The van der Waals surface area contributed by atoms with Crippen LogP contribution in [0, 0.1) is 6.92 Å². The molecule has 21 heavy (non-hydrogen) atoms. The standard InChI is InChI=1S/C17H20N2OS/c1-12-7-9-14(10-8-12)13(2)18-17(20)19-15-5-4-6-16(11-15)21-3/h4-11,13H,1-3H3,(H2,18,19,20). The van der Waals surface area contributed by atoms with E-state index < -0.39 is 0 Å². The van der Waals surface area contributed by atoms with Gasteiger partial charge in [-0.05, 0) is 43.9 Å². The lowest BCUT2D eigenvalue weighted by molar-refractivity contribution is 0.249. The minimum Gasteiger partial charge on any atom is -0.331 e. The molecule has 110 valence electrons. The van der Waals surface area contributed by atoms with Gasteiger partial charge in [0.15, 0.2) is 0 Å². The summed E-state index contributed by atoms with van der Waals surface area (Å²) in [5.41, 5.74) is 3.10. The molecule has 2 aromatic carbocycles. The molecule has 0 heterocycles. The molecule has 0 aliphatic carbocycles. The van der Waals surface area contributed by atoms with Crippen molar-refractivity contribution in [1.82, 2.24) is 5.32 Å². The van der Waals surface area contributed by atoms with Gasteiger partial charge in [0.2, 0.25) is 0 Å². The predicted molar refractivity (Wildman–Crippen MR) is 90.0 cm³/mol. The minimum absolute atomic E-state index is 0.0330. The van der Waals surface area contributed by atoms with E-state index in [0.717, 1.165) is 16.1 Å². The van der Waals surface area contributed by atoms with Crippen molar-refractivity contribution in [2.24, 2.45) is 0 Å². The zero-order valence-electron chi connectivity index (χ0n) is 12.5. The third-order valence-electron chi connectivity index (χ3n) is 3.25. The van der Waals surface area contributed by atoms with Gasteiger partial charge >= 0.3 is 6.03 Å². The van der Waals surface area contributed by atoms with E-state index in [1.54, 1.807) is 11.8 Å². The van der Waals surface area contributed by atoms with Crippen molar-refractivity contribution in [1.29, 1.82) is 0 Å². The monoisotopic (exact) mass is 300 g/mol. The number of rotatable bonds is 4. The summed E-state index contributed by atoms with van der Waals surface area (Å²) in [6, 6.07) is 15.7. The molecule has 1 unspecified atom stereocenters. The predicted octanol–water partition coefficient (Wildman–Crippen LogP) is 4.60. The van der Waals surface area contributed by atoms with Crippen molar-refractivity contribution in [3.05, 3.63) is 59.7 Å². The van der Waals surface area contributed by atoms with Crippen LogP contribution in [0.5, 0.6) is 0 Å². The lowest BCUT2D eigenvalue weighted by Crippen LogP contribution is -2.31. The number of nitrogens with one attached hydrogen (secondary N) is 2. The van der Waals surface area contributed by atoms with Crippen LogP contribution in [0.2, 0.25) is 0 Å². The van der Waals surface area contributed by atoms with Crippen molar-refractivity contribution in [2.75, 3.05) is 11.6 Å². The first-order chi connectivity index (χ1) is 10.1. The maximum Gasteiger partial charge on any atom is 0.319 e. The summed E-state index contributed by atoms with van der Waals surface area (Å²) in [7, 11) is 0. The molecule has 1 atom stereocenters.